The van der Waals surface area contributed by atoms with E-state index in [2.05, 4.69) is 17.1 Å². The van der Waals surface area contributed by atoms with E-state index in [1.807, 2.05) is 18.2 Å². The lowest BCUT2D eigenvalue weighted by Crippen LogP contribution is -2.06. The van der Waals surface area contributed by atoms with Crippen LogP contribution in [0.5, 0.6) is 0 Å². The third-order valence-electron chi connectivity index (χ3n) is 3.51. The fraction of sp³-hybridized carbons (Fsp3) is 0.267. The Balaban J connectivity index is 2.26. The van der Waals surface area contributed by atoms with E-state index in [1.165, 1.54) is 24.0 Å². The second-order valence-corrected chi connectivity index (χ2v) is 5.55. The molecule has 1 aromatic carbocycles. The summed E-state index contributed by atoms with van der Waals surface area (Å²) in [6.45, 7) is 0. The summed E-state index contributed by atoms with van der Waals surface area (Å²) < 4.78 is 0.797. The van der Waals surface area contributed by atoms with Gasteiger partial charge < -0.3 is 4.98 Å². The van der Waals surface area contributed by atoms with Crippen LogP contribution in [0.4, 0.5) is 0 Å². The highest BCUT2D eigenvalue weighted by Gasteiger charge is 2.16. The first-order chi connectivity index (χ1) is 8.75. The fourth-order valence-corrected chi connectivity index (χ4v) is 3.13. The van der Waals surface area contributed by atoms with Crippen molar-refractivity contribution in [2.75, 3.05) is 0 Å². The smallest absolute Gasteiger partial charge is 0.103 e. The molecule has 0 fully saturated rings. The van der Waals surface area contributed by atoms with Crippen molar-refractivity contribution < 1.29 is 0 Å². The topological polar surface area (TPSA) is 15.8 Å². The molecule has 0 atom stereocenters. The van der Waals surface area contributed by atoms with Gasteiger partial charge in [0, 0.05) is 10.6 Å². The number of H-pyrrole nitrogens is 1. The number of aromatic amines is 1. The summed E-state index contributed by atoms with van der Waals surface area (Å²) in [4.78, 5) is 3.32. The SMILES string of the molecule is S=c1cc2c(c(-c3ccccc3Cl)[nH]1)CCCC2. The number of pyridine rings is 1. The molecule has 1 aliphatic carbocycles. The summed E-state index contributed by atoms with van der Waals surface area (Å²) in [6, 6.07) is 10.0. The molecule has 1 aromatic heterocycles. The third-order valence-corrected chi connectivity index (χ3v) is 4.06. The van der Waals surface area contributed by atoms with Gasteiger partial charge in [-0.3, -0.25) is 0 Å². The average molecular weight is 276 g/mol. The minimum Gasteiger partial charge on any atom is -0.346 e. The van der Waals surface area contributed by atoms with E-state index >= 15 is 0 Å². The zero-order chi connectivity index (χ0) is 12.5. The lowest BCUT2D eigenvalue weighted by Gasteiger charge is -2.20. The lowest BCUT2D eigenvalue weighted by atomic mass is 9.89. The van der Waals surface area contributed by atoms with Gasteiger partial charge in [0.2, 0.25) is 0 Å². The zero-order valence-electron chi connectivity index (χ0n) is 10.0. The Kier molecular flexibility index (Phi) is 3.23. The van der Waals surface area contributed by atoms with E-state index in [4.69, 9.17) is 23.8 Å². The highest BCUT2D eigenvalue weighted by Crippen LogP contribution is 2.33. The first-order valence-electron chi connectivity index (χ1n) is 6.25. The second kappa shape index (κ2) is 4.87. The van der Waals surface area contributed by atoms with E-state index in [0.717, 1.165) is 33.8 Å². The Morgan fingerprint density at radius 1 is 1.11 bits per heavy atom. The van der Waals surface area contributed by atoms with Crippen molar-refractivity contribution in [1.29, 1.82) is 0 Å². The molecule has 0 unspecified atom stereocenters. The molecular formula is C15H14ClNS. The minimum absolute atomic E-state index is 0.780. The Hall–Kier alpha value is -1.12. The zero-order valence-corrected chi connectivity index (χ0v) is 11.6. The van der Waals surface area contributed by atoms with Crippen LogP contribution in [0.25, 0.3) is 11.3 Å². The van der Waals surface area contributed by atoms with Crippen LogP contribution in [0.2, 0.25) is 5.02 Å². The maximum atomic E-state index is 6.30. The quantitative estimate of drug-likeness (QED) is 0.729. The predicted molar refractivity (Wildman–Crippen MR) is 78.7 cm³/mol. The average Bonchev–Trinajstić information content (AvgIpc) is 2.38. The van der Waals surface area contributed by atoms with Crippen molar-refractivity contribution in [2.24, 2.45) is 0 Å². The van der Waals surface area contributed by atoms with E-state index in [1.54, 1.807) is 0 Å². The number of benzene rings is 1. The van der Waals surface area contributed by atoms with Gasteiger partial charge in [-0.25, -0.2) is 0 Å². The first kappa shape index (κ1) is 11.9. The molecule has 3 heteroatoms. The minimum atomic E-state index is 0.780. The van der Waals surface area contributed by atoms with Crippen LogP contribution in [0.1, 0.15) is 24.0 Å². The molecule has 0 spiro atoms. The highest BCUT2D eigenvalue weighted by molar-refractivity contribution is 7.71. The maximum absolute atomic E-state index is 6.30. The molecule has 0 aliphatic heterocycles. The van der Waals surface area contributed by atoms with Crippen LogP contribution in [0.3, 0.4) is 0 Å². The molecule has 0 saturated carbocycles. The standard InChI is InChI=1S/C15H14ClNS/c16-13-8-4-3-7-12(13)15-11-6-2-1-5-10(11)9-14(18)17-15/h3-4,7-9H,1-2,5-6H2,(H,17,18). The lowest BCUT2D eigenvalue weighted by molar-refractivity contribution is 0.683. The highest BCUT2D eigenvalue weighted by atomic mass is 35.5. The Morgan fingerprint density at radius 3 is 2.72 bits per heavy atom. The van der Waals surface area contributed by atoms with E-state index in [0.29, 0.717) is 0 Å². The number of fused-ring (bicyclic) bond motifs is 1. The van der Waals surface area contributed by atoms with Crippen molar-refractivity contribution in [3.05, 3.63) is 51.1 Å². The molecule has 1 aliphatic rings. The van der Waals surface area contributed by atoms with Gasteiger partial charge in [0.25, 0.3) is 0 Å². The number of hydrogen-bond donors (Lipinski definition) is 1. The van der Waals surface area contributed by atoms with Gasteiger partial charge in [0.15, 0.2) is 0 Å². The van der Waals surface area contributed by atoms with Crippen LogP contribution in [0, 0.1) is 4.64 Å². The second-order valence-electron chi connectivity index (χ2n) is 4.70. The first-order valence-corrected chi connectivity index (χ1v) is 7.04. The summed E-state index contributed by atoms with van der Waals surface area (Å²) >= 11 is 11.6. The molecule has 1 heterocycles. The molecule has 0 radical (unpaired) electrons. The van der Waals surface area contributed by atoms with E-state index in [-0.39, 0.29) is 0 Å². The Morgan fingerprint density at radius 2 is 1.89 bits per heavy atom. The predicted octanol–water partition coefficient (Wildman–Crippen LogP) is 4.94. The van der Waals surface area contributed by atoms with Crippen LogP contribution in [0.15, 0.2) is 30.3 Å². The molecule has 0 bridgehead atoms. The van der Waals surface area contributed by atoms with Crippen molar-refractivity contribution in [3.8, 4) is 11.3 Å². The summed E-state index contributed by atoms with van der Waals surface area (Å²) in [5, 5.41) is 0.780. The normalized spacial score (nSPS) is 14.3. The Labute approximate surface area is 117 Å². The van der Waals surface area contributed by atoms with Crippen LogP contribution in [-0.2, 0) is 12.8 Å². The largest absolute Gasteiger partial charge is 0.346 e. The van der Waals surface area contributed by atoms with Gasteiger partial charge >= 0.3 is 0 Å². The van der Waals surface area contributed by atoms with Gasteiger partial charge in [-0.2, -0.15) is 0 Å². The van der Waals surface area contributed by atoms with Crippen molar-refractivity contribution in [3.63, 3.8) is 0 Å². The number of nitrogens with one attached hydrogen (secondary N) is 1. The maximum Gasteiger partial charge on any atom is 0.103 e. The number of hydrogen-bond acceptors (Lipinski definition) is 1. The van der Waals surface area contributed by atoms with Crippen molar-refractivity contribution in [2.45, 2.75) is 25.7 Å². The van der Waals surface area contributed by atoms with Gasteiger partial charge in [-0.15, -0.1) is 0 Å². The summed E-state index contributed by atoms with van der Waals surface area (Å²) in [5.41, 5.74) is 4.95. The molecule has 1 N–H and O–H groups in total. The van der Waals surface area contributed by atoms with E-state index in [9.17, 15) is 0 Å². The molecule has 3 rings (SSSR count). The molecule has 92 valence electrons. The van der Waals surface area contributed by atoms with Crippen LogP contribution < -0.4 is 0 Å². The third kappa shape index (κ3) is 2.11. The number of aryl methyl sites for hydroxylation is 1. The molecular weight excluding hydrogens is 262 g/mol. The van der Waals surface area contributed by atoms with Crippen molar-refractivity contribution >= 4 is 23.8 Å². The number of halogens is 1. The van der Waals surface area contributed by atoms with Gasteiger partial charge in [-0.05, 0) is 48.9 Å². The molecule has 0 amide bonds. The van der Waals surface area contributed by atoms with Gasteiger partial charge in [0.1, 0.15) is 4.64 Å². The molecule has 0 saturated heterocycles. The molecule has 18 heavy (non-hydrogen) atoms. The fourth-order valence-electron chi connectivity index (χ4n) is 2.66. The van der Waals surface area contributed by atoms with E-state index < -0.39 is 0 Å². The van der Waals surface area contributed by atoms with Gasteiger partial charge in [-0.1, -0.05) is 42.0 Å². The monoisotopic (exact) mass is 275 g/mol. The van der Waals surface area contributed by atoms with Crippen LogP contribution in [-0.4, -0.2) is 4.98 Å². The number of aromatic nitrogens is 1. The summed E-state index contributed by atoms with van der Waals surface area (Å²) in [5.74, 6) is 0. The van der Waals surface area contributed by atoms with Gasteiger partial charge in [0.05, 0.1) is 5.69 Å². The molecule has 1 nitrogen and oxygen atoms in total. The number of rotatable bonds is 1. The molecule has 2 aromatic rings. The summed E-state index contributed by atoms with van der Waals surface area (Å²) in [6.07, 6.45) is 4.75. The van der Waals surface area contributed by atoms with Crippen molar-refractivity contribution in [1.82, 2.24) is 4.98 Å². The summed E-state index contributed by atoms with van der Waals surface area (Å²) in [7, 11) is 0. The van der Waals surface area contributed by atoms with Crippen LogP contribution >= 0.6 is 23.8 Å². The Bertz CT molecular complexity index is 645.